The minimum Gasteiger partial charge on any atom is -0.489 e. The molecule has 0 bridgehead atoms. The highest BCUT2D eigenvalue weighted by Gasteiger charge is 2.27. The Balaban J connectivity index is 1.66. The molecule has 0 aromatic carbocycles. The molecule has 1 amide bonds. The first-order valence-corrected chi connectivity index (χ1v) is 11.0. The zero-order valence-corrected chi connectivity index (χ0v) is 19.5. The first kappa shape index (κ1) is 24.3. The molecule has 2 aromatic rings. The number of hydrogen-bond acceptors (Lipinski definition) is 10. The lowest BCUT2D eigenvalue weighted by Gasteiger charge is -2.31. The number of aryl methyl sites for hydroxylation is 1. The van der Waals surface area contributed by atoms with Crippen molar-refractivity contribution in [2.24, 2.45) is 0 Å². The minimum absolute atomic E-state index is 0.0305. The van der Waals surface area contributed by atoms with E-state index in [-0.39, 0.29) is 24.9 Å². The summed E-state index contributed by atoms with van der Waals surface area (Å²) in [5.41, 5.74) is 1.51. The van der Waals surface area contributed by atoms with Gasteiger partial charge in [0.2, 0.25) is 5.75 Å². The third-order valence-corrected chi connectivity index (χ3v) is 5.05. The number of aliphatic hydroxyl groups excluding tert-OH is 1. The molecular formula is C22H32N6O5. The van der Waals surface area contributed by atoms with Gasteiger partial charge in [0.05, 0.1) is 31.2 Å². The van der Waals surface area contributed by atoms with Crippen molar-refractivity contribution in [1.82, 2.24) is 19.9 Å². The van der Waals surface area contributed by atoms with Crippen molar-refractivity contribution in [1.29, 1.82) is 0 Å². The summed E-state index contributed by atoms with van der Waals surface area (Å²) in [7, 11) is 1.54. The number of ether oxygens (including phenoxy) is 3. The van der Waals surface area contributed by atoms with Gasteiger partial charge in [0.25, 0.3) is 5.88 Å². The number of nitrogens with zero attached hydrogens (tertiary/aromatic N) is 4. The van der Waals surface area contributed by atoms with Crippen LogP contribution in [0.5, 0.6) is 11.6 Å². The van der Waals surface area contributed by atoms with Crippen LogP contribution in [-0.2, 0) is 4.74 Å². The summed E-state index contributed by atoms with van der Waals surface area (Å²) in [5, 5.41) is 15.2. The molecule has 0 radical (unpaired) electrons. The summed E-state index contributed by atoms with van der Waals surface area (Å²) in [6.45, 7) is 7.10. The summed E-state index contributed by atoms with van der Waals surface area (Å²) in [5.74, 6) is 1.86. The van der Waals surface area contributed by atoms with Crippen LogP contribution in [0.1, 0.15) is 32.4 Å². The number of aliphatic hydroxyl groups is 1. The van der Waals surface area contributed by atoms with E-state index in [0.717, 1.165) is 11.4 Å². The summed E-state index contributed by atoms with van der Waals surface area (Å²) < 4.78 is 16.9. The minimum atomic E-state index is -0.295. The highest BCUT2D eigenvalue weighted by molar-refractivity contribution is 5.68. The van der Waals surface area contributed by atoms with Gasteiger partial charge in [-0.05, 0) is 32.9 Å². The van der Waals surface area contributed by atoms with Gasteiger partial charge in [-0.1, -0.05) is 0 Å². The second-order valence-electron chi connectivity index (χ2n) is 7.90. The predicted molar refractivity (Wildman–Crippen MR) is 123 cm³/mol. The van der Waals surface area contributed by atoms with Crippen LogP contribution in [0.25, 0.3) is 0 Å². The van der Waals surface area contributed by atoms with Crippen LogP contribution < -0.4 is 20.1 Å². The topological polar surface area (TPSA) is 131 Å². The third-order valence-electron chi connectivity index (χ3n) is 5.05. The SMILES string of the molecule is COc1c(Nc2ccc(NCCO)nc2C)ncnc1OC1CCN(C(=O)OC(C)C)CC1. The first-order chi connectivity index (χ1) is 15.9. The largest absolute Gasteiger partial charge is 0.489 e. The van der Waals surface area contributed by atoms with Crippen molar-refractivity contribution in [3.63, 3.8) is 0 Å². The number of amides is 1. The maximum atomic E-state index is 12.1. The number of methoxy groups -OCH3 is 1. The number of rotatable bonds is 9. The molecule has 3 heterocycles. The molecule has 0 unspecified atom stereocenters. The Bertz CT molecular complexity index is 933. The Kier molecular flexibility index (Phi) is 8.47. The fourth-order valence-electron chi connectivity index (χ4n) is 3.41. The first-order valence-electron chi connectivity index (χ1n) is 11.0. The number of likely N-dealkylation sites (tertiary alicyclic amines) is 1. The van der Waals surface area contributed by atoms with Crippen molar-refractivity contribution in [3.8, 4) is 11.6 Å². The van der Waals surface area contributed by atoms with Gasteiger partial charge in [0, 0.05) is 32.5 Å². The van der Waals surface area contributed by atoms with Crippen LogP contribution in [0.2, 0.25) is 0 Å². The molecule has 3 rings (SSSR count). The summed E-state index contributed by atoms with van der Waals surface area (Å²) in [6.07, 6.45) is 2.19. The Morgan fingerprint density at radius 1 is 1.27 bits per heavy atom. The molecule has 3 N–H and O–H groups in total. The molecule has 0 saturated carbocycles. The fraction of sp³-hybridized carbons (Fsp3) is 0.545. The van der Waals surface area contributed by atoms with Crippen LogP contribution in [0.4, 0.5) is 22.1 Å². The highest BCUT2D eigenvalue weighted by Crippen LogP contribution is 2.35. The summed E-state index contributed by atoms with van der Waals surface area (Å²) in [4.78, 5) is 26.8. The van der Waals surface area contributed by atoms with Gasteiger partial charge in [-0.2, -0.15) is 4.98 Å². The standard InChI is InChI=1S/C22H32N6O5/c1-14(2)32-22(30)28-10-7-16(8-11-28)33-21-19(31-4)20(24-13-25-21)27-17-5-6-18(23-9-12-29)26-15(17)3/h5-6,13-14,16,29H,7-12H2,1-4H3,(H,23,26)(H,24,25,27). The number of pyridine rings is 1. The molecular weight excluding hydrogens is 428 g/mol. The Morgan fingerprint density at radius 3 is 2.67 bits per heavy atom. The molecule has 33 heavy (non-hydrogen) atoms. The van der Waals surface area contributed by atoms with E-state index >= 15 is 0 Å². The van der Waals surface area contributed by atoms with Gasteiger partial charge in [0.1, 0.15) is 18.2 Å². The molecule has 1 fully saturated rings. The predicted octanol–water partition coefficient (Wildman–Crippen LogP) is 2.72. The molecule has 11 heteroatoms. The van der Waals surface area contributed by atoms with Crippen molar-refractivity contribution in [3.05, 3.63) is 24.2 Å². The summed E-state index contributed by atoms with van der Waals surface area (Å²) >= 11 is 0. The van der Waals surface area contributed by atoms with E-state index in [1.165, 1.54) is 13.4 Å². The second kappa shape index (κ2) is 11.5. The number of carbonyl (C=O) groups is 1. The van der Waals surface area contributed by atoms with E-state index in [1.807, 2.05) is 32.9 Å². The van der Waals surface area contributed by atoms with Crippen LogP contribution in [0, 0.1) is 6.92 Å². The van der Waals surface area contributed by atoms with Crippen molar-refractivity contribution in [2.45, 2.75) is 45.8 Å². The number of piperidine rings is 1. The van der Waals surface area contributed by atoms with Crippen molar-refractivity contribution in [2.75, 3.05) is 44.0 Å². The van der Waals surface area contributed by atoms with E-state index < -0.39 is 0 Å². The van der Waals surface area contributed by atoms with E-state index in [0.29, 0.717) is 55.7 Å². The summed E-state index contributed by atoms with van der Waals surface area (Å²) in [6, 6.07) is 3.68. The van der Waals surface area contributed by atoms with Gasteiger partial charge in [-0.25, -0.2) is 14.8 Å². The third kappa shape index (κ3) is 6.58. The lowest BCUT2D eigenvalue weighted by Crippen LogP contribution is -2.42. The van der Waals surface area contributed by atoms with Crippen LogP contribution in [0.15, 0.2) is 18.5 Å². The number of anilines is 3. The van der Waals surface area contributed by atoms with Crippen molar-refractivity contribution < 1.29 is 24.1 Å². The van der Waals surface area contributed by atoms with Crippen molar-refractivity contribution >= 4 is 23.4 Å². The smallest absolute Gasteiger partial charge is 0.410 e. The van der Waals surface area contributed by atoms with Gasteiger partial charge in [-0.3, -0.25) is 0 Å². The normalized spacial score (nSPS) is 14.2. The van der Waals surface area contributed by atoms with E-state index in [4.69, 9.17) is 19.3 Å². The Labute approximate surface area is 193 Å². The van der Waals surface area contributed by atoms with Crippen LogP contribution >= 0.6 is 0 Å². The zero-order valence-electron chi connectivity index (χ0n) is 19.5. The molecule has 0 atom stereocenters. The molecule has 1 saturated heterocycles. The van der Waals surface area contributed by atoms with E-state index in [1.54, 1.807) is 4.90 Å². The van der Waals surface area contributed by atoms with E-state index in [9.17, 15) is 4.79 Å². The van der Waals surface area contributed by atoms with Gasteiger partial charge in [0.15, 0.2) is 5.82 Å². The molecule has 11 nitrogen and oxygen atoms in total. The lowest BCUT2D eigenvalue weighted by atomic mass is 10.1. The number of nitrogens with one attached hydrogen (secondary N) is 2. The van der Waals surface area contributed by atoms with Crippen LogP contribution in [-0.4, -0.2) is 76.6 Å². The Morgan fingerprint density at radius 2 is 2.03 bits per heavy atom. The molecule has 1 aliphatic rings. The van der Waals surface area contributed by atoms with Gasteiger partial charge < -0.3 is 34.9 Å². The Hall–Kier alpha value is -3.34. The van der Waals surface area contributed by atoms with E-state index in [2.05, 4.69) is 25.6 Å². The zero-order chi connectivity index (χ0) is 23.8. The maximum Gasteiger partial charge on any atom is 0.410 e. The molecule has 1 aliphatic heterocycles. The molecule has 180 valence electrons. The molecule has 0 spiro atoms. The number of aromatic nitrogens is 3. The lowest BCUT2D eigenvalue weighted by molar-refractivity contribution is 0.0500. The average molecular weight is 461 g/mol. The maximum absolute atomic E-state index is 12.1. The second-order valence-corrected chi connectivity index (χ2v) is 7.90. The fourth-order valence-corrected chi connectivity index (χ4v) is 3.41. The number of carbonyl (C=O) groups excluding carboxylic acids is 1. The molecule has 2 aromatic heterocycles. The number of hydrogen-bond donors (Lipinski definition) is 3. The highest BCUT2D eigenvalue weighted by atomic mass is 16.6. The van der Waals surface area contributed by atoms with Gasteiger partial charge in [-0.15, -0.1) is 0 Å². The van der Waals surface area contributed by atoms with Gasteiger partial charge >= 0.3 is 6.09 Å². The monoisotopic (exact) mass is 460 g/mol. The quantitative estimate of drug-likeness (QED) is 0.513. The van der Waals surface area contributed by atoms with Crippen LogP contribution in [0.3, 0.4) is 0 Å². The average Bonchev–Trinajstić information content (AvgIpc) is 2.79. The molecule has 0 aliphatic carbocycles.